The highest BCUT2D eigenvalue weighted by Crippen LogP contribution is 2.22. The van der Waals surface area contributed by atoms with E-state index in [2.05, 4.69) is 10.1 Å². The van der Waals surface area contributed by atoms with E-state index in [4.69, 9.17) is 4.74 Å². The molecule has 0 aliphatic heterocycles. The number of hydrogen-bond acceptors (Lipinski definition) is 5. The van der Waals surface area contributed by atoms with Crippen LogP contribution < -0.4 is 14.8 Å². The van der Waals surface area contributed by atoms with Gasteiger partial charge in [-0.3, -0.25) is 4.79 Å². The van der Waals surface area contributed by atoms with Crippen molar-refractivity contribution in [2.45, 2.75) is 0 Å². The molecule has 5 nitrogen and oxygen atoms in total. The van der Waals surface area contributed by atoms with Crippen molar-refractivity contribution in [1.29, 1.82) is 0 Å². The molecule has 3 aromatic carbocycles. The highest BCUT2D eigenvalue weighted by Gasteiger charge is 2.09. The Hall–Kier alpha value is -4.10. The minimum absolute atomic E-state index is 0.228. The van der Waals surface area contributed by atoms with E-state index < -0.39 is 0 Å². The predicted octanol–water partition coefficient (Wildman–Crippen LogP) is 4.80. The second-order valence-electron chi connectivity index (χ2n) is 6.95. The molecule has 2 aromatic heterocycles. The number of benzene rings is 3. The Morgan fingerprint density at radius 2 is 1.66 bits per heavy atom. The van der Waals surface area contributed by atoms with Crippen LogP contribution in [0.25, 0.3) is 23.2 Å². The van der Waals surface area contributed by atoms with E-state index >= 15 is 0 Å². The first-order valence-electron chi connectivity index (χ1n) is 9.82. The Labute approximate surface area is 186 Å². The number of halogens is 1. The smallest absolute Gasteiger partial charge is 0.291 e. The number of para-hydroxylation sites is 1. The Balaban J connectivity index is 1.41. The van der Waals surface area contributed by atoms with E-state index in [1.165, 1.54) is 28.0 Å². The van der Waals surface area contributed by atoms with Gasteiger partial charge < -0.3 is 4.74 Å². The first kappa shape index (κ1) is 19.8. The lowest BCUT2D eigenvalue weighted by Crippen LogP contribution is -2.23. The molecule has 0 atom stereocenters. The molecule has 0 saturated carbocycles. The van der Waals surface area contributed by atoms with E-state index in [9.17, 15) is 9.18 Å². The van der Waals surface area contributed by atoms with Crippen LogP contribution in [-0.2, 0) is 0 Å². The SMILES string of the molecule is O=c1c(=Cc2cccc(Oc3ccccc3)c2)sc2nc(C=Cc3ccc(F)cc3)nn12. The summed E-state index contributed by atoms with van der Waals surface area (Å²) < 4.78 is 20.7. The van der Waals surface area contributed by atoms with Crippen molar-refractivity contribution >= 4 is 34.5 Å². The minimum Gasteiger partial charge on any atom is -0.457 e. The van der Waals surface area contributed by atoms with E-state index in [0.717, 1.165) is 16.9 Å². The van der Waals surface area contributed by atoms with Crippen LogP contribution in [0.2, 0.25) is 0 Å². The molecule has 2 heterocycles. The third-order valence-electron chi connectivity index (χ3n) is 4.63. The van der Waals surface area contributed by atoms with Gasteiger partial charge in [-0.15, -0.1) is 5.10 Å². The average molecular weight is 441 g/mol. The lowest BCUT2D eigenvalue weighted by Gasteiger charge is -2.05. The van der Waals surface area contributed by atoms with Crippen LogP contribution >= 0.6 is 11.3 Å². The van der Waals surface area contributed by atoms with Gasteiger partial charge in [-0.2, -0.15) is 9.50 Å². The zero-order valence-electron chi connectivity index (χ0n) is 16.7. The zero-order valence-corrected chi connectivity index (χ0v) is 17.5. The molecule has 156 valence electrons. The maximum absolute atomic E-state index is 13.0. The normalized spacial score (nSPS) is 12.1. The molecule has 0 aliphatic carbocycles. The van der Waals surface area contributed by atoms with E-state index in [1.54, 1.807) is 30.4 Å². The Kier molecular flexibility index (Phi) is 5.31. The maximum atomic E-state index is 13.0. The van der Waals surface area contributed by atoms with Crippen molar-refractivity contribution in [3.05, 3.63) is 117 Å². The first-order chi connectivity index (χ1) is 15.6. The van der Waals surface area contributed by atoms with Gasteiger partial charge in [-0.25, -0.2) is 4.39 Å². The quantitative estimate of drug-likeness (QED) is 0.393. The predicted molar refractivity (Wildman–Crippen MR) is 124 cm³/mol. The molecule has 0 amide bonds. The van der Waals surface area contributed by atoms with Crippen LogP contribution in [0.4, 0.5) is 4.39 Å². The third-order valence-corrected chi connectivity index (χ3v) is 5.59. The summed E-state index contributed by atoms with van der Waals surface area (Å²) in [4.78, 5) is 17.7. The van der Waals surface area contributed by atoms with Crippen molar-refractivity contribution in [2.24, 2.45) is 0 Å². The van der Waals surface area contributed by atoms with Gasteiger partial charge in [-0.1, -0.05) is 59.9 Å². The fraction of sp³-hybridized carbons (Fsp3) is 0. The zero-order chi connectivity index (χ0) is 21.9. The van der Waals surface area contributed by atoms with Crippen LogP contribution in [0.15, 0.2) is 83.7 Å². The van der Waals surface area contributed by atoms with Gasteiger partial charge in [0, 0.05) is 0 Å². The number of fused-ring (bicyclic) bond motifs is 1. The Bertz CT molecular complexity index is 1520. The highest BCUT2D eigenvalue weighted by molar-refractivity contribution is 7.15. The molecule has 0 unspecified atom stereocenters. The van der Waals surface area contributed by atoms with Gasteiger partial charge in [0.25, 0.3) is 5.56 Å². The molecule has 0 fully saturated rings. The molecule has 5 rings (SSSR count). The second kappa shape index (κ2) is 8.56. The van der Waals surface area contributed by atoms with Crippen molar-refractivity contribution in [1.82, 2.24) is 14.6 Å². The summed E-state index contributed by atoms with van der Waals surface area (Å²) in [6.45, 7) is 0. The van der Waals surface area contributed by atoms with Crippen LogP contribution in [0.3, 0.4) is 0 Å². The monoisotopic (exact) mass is 441 g/mol. The van der Waals surface area contributed by atoms with Crippen LogP contribution in [0, 0.1) is 5.82 Å². The summed E-state index contributed by atoms with van der Waals surface area (Å²) in [5.74, 6) is 1.56. The molecule has 0 spiro atoms. The maximum Gasteiger partial charge on any atom is 0.291 e. The van der Waals surface area contributed by atoms with Gasteiger partial charge >= 0.3 is 0 Å². The number of rotatable bonds is 5. The lowest BCUT2D eigenvalue weighted by molar-refractivity contribution is 0.482. The first-order valence-corrected chi connectivity index (χ1v) is 10.6. The topological polar surface area (TPSA) is 56.5 Å². The third kappa shape index (κ3) is 4.33. The molecule has 32 heavy (non-hydrogen) atoms. The van der Waals surface area contributed by atoms with Crippen molar-refractivity contribution in [3.8, 4) is 11.5 Å². The average Bonchev–Trinajstić information content (AvgIpc) is 3.33. The lowest BCUT2D eigenvalue weighted by atomic mass is 10.2. The number of hydrogen-bond donors (Lipinski definition) is 0. The molecule has 5 aromatic rings. The summed E-state index contributed by atoms with van der Waals surface area (Å²) in [5, 5.41) is 4.28. The molecular formula is C25H16FN3O2S. The standard InChI is InChI=1S/C25H16FN3O2S/c26-19-12-9-17(10-13-19)11-14-23-27-25-29(28-23)24(30)22(32-25)16-18-5-4-8-21(15-18)31-20-6-2-1-3-7-20/h1-16H. The summed E-state index contributed by atoms with van der Waals surface area (Å²) in [7, 11) is 0. The molecule has 7 heteroatoms. The largest absolute Gasteiger partial charge is 0.457 e. The molecular weight excluding hydrogens is 425 g/mol. The van der Waals surface area contributed by atoms with Crippen LogP contribution in [0.5, 0.6) is 11.5 Å². The number of ether oxygens (including phenoxy) is 1. The minimum atomic E-state index is -0.292. The van der Waals surface area contributed by atoms with Gasteiger partial charge in [0.2, 0.25) is 4.96 Å². The van der Waals surface area contributed by atoms with Crippen molar-refractivity contribution in [3.63, 3.8) is 0 Å². The Morgan fingerprint density at radius 1 is 0.875 bits per heavy atom. The summed E-state index contributed by atoms with van der Waals surface area (Å²) in [5.41, 5.74) is 1.43. The fourth-order valence-corrected chi connectivity index (χ4v) is 4.02. The van der Waals surface area contributed by atoms with Gasteiger partial charge in [-0.05, 0) is 59.7 Å². The van der Waals surface area contributed by atoms with Gasteiger partial charge in [0.1, 0.15) is 17.3 Å². The highest BCUT2D eigenvalue weighted by atomic mass is 32.1. The van der Waals surface area contributed by atoms with Crippen molar-refractivity contribution in [2.75, 3.05) is 0 Å². The second-order valence-corrected chi connectivity index (χ2v) is 7.96. The number of nitrogens with zero attached hydrogens (tertiary/aromatic N) is 3. The molecule has 0 radical (unpaired) electrons. The summed E-state index contributed by atoms with van der Waals surface area (Å²) in [6.07, 6.45) is 5.27. The van der Waals surface area contributed by atoms with Gasteiger partial charge in [0.15, 0.2) is 5.82 Å². The van der Waals surface area contributed by atoms with E-state index in [1.807, 2.05) is 54.6 Å². The Morgan fingerprint density at radius 3 is 2.44 bits per heavy atom. The molecule has 0 bridgehead atoms. The number of thiazole rings is 1. The van der Waals surface area contributed by atoms with Gasteiger partial charge in [0.05, 0.1) is 4.53 Å². The van der Waals surface area contributed by atoms with E-state index in [0.29, 0.717) is 21.1 Å². The molecule has 0 aliphatic rings. The summed E-state index contributed by atoms with van der Waals surface area (Å²) in [6, 6.07) is 23.1. The molecule has 0 N–H and O–H groups in total. The molecule has 0 saturated heterocycles. The van der Waals surface area contributed by atoms with Crippen molar-refractivity contribution < 1.29 is 9.13 Å². The summed E-state index contributed by atoms with van der Waals surface area (Å²) >= 11 is 1.27. The fourth-order valence-electron chi connectivity index (χ4n) is 3.11. The van der Waals surface area contributed by atoms with Crippen LogP contribution in [0.1, 0.15) is 17.0 Å². The van der Waals surface area contributed by atoms with E-state index in [-0.39, 0.29) is 11.4 Å². The number of aromatic nitrogens is 3. The van der Waals surface area contributed by atoms with Crippen LogP contribution in [-0.4, -0.2) is 14.6 Å².